The van der Waals surface area contributed by atoms with Crippen LogP contribution in [0.1, 0.15) is 39.5 Å². The molecule has 90 valence electrons. The summed E-state index contributed by atoms with van der Waals surface area (Å²) in [6.45, 7) is 5.59. The minimum absolute atomic E-state index is 0.0498. The number of aliphatic hydroxyl groups excluding tert-OH is 1. The van der Waals surface area contributed by atoms with Crippen LogP contribution in [-0.4, -0.2) is 31.2 Å². The Kier molecular flexibility index (Phi) is 11.4. The Bertz CT molecular complexity index is 140. The summed E-state index contributed by atoms with van der Waals surface area (Å²) in [7, 11) is 0. The zero-order chi connectivity index (χ0) is 11.4. The molecule has 0 aliphatic carbocycles. The molecular formula is C12H24O3. The van der Waals surface area contributed by atoms with Crippen molar-refractivity contribution in [1.29, 1.82) is 0 Å². The Morgan fingerprint density at radius 3 is 2.20 bits per heavy atom. The van der Waals surface area contributed by atoms with Gasteiger partial charge in [-0.25, -0.2) is 0 Å². The van der Waals surface area contributed by atoms with Gasteiger partial charge in [0.15, 0.2) is 6.29 Å². The van der Waals surface area contributed by atoms with Gasteiger partial charge in [0.05, 0.1) is 0 Å². The second kappa shape index (κ2) is 11.7. The van der Waals surface area contributed by atoms with Crippen molar-refractivity contribution < 1.29 is 14.6 Å². The molecule has 3 heteroatoms. The fourth-order valence-electron chi connectivity index (χ4n) is 1.30. The van der Waals surface area contributed by atoms with Gasteiger partial charge in [-0.15, -0.1) is 0 Å². The van der Waals surface area contributed by atoms with Gasteiger partial charge in [-0.3, -0.25) is 0 Å². The fourth-order valence-corrected chi connectivity index (χ4v) is 1.30. The monoisotopic (exact) mass is 216 g/mol. The molecule has 0 aromatic carbocycles. The van der Waals surface area contributed by atoms with Crippen molar-refractivity contribution in [3.63, 3.8) is 0 Å². The Morgan fingerprint density at radius 2 is 1.67 bits per heavy atom. The van der Waals surface area contributed by atoms with Gasteiger partial charge in [0.1, 0.15) is 0 Å². The SMILES string of the molecule is CCOC(CCC/C=C/CCO)OCC. The number of rotatable bonds is 10. The van der Waals surface area contributed by atoms with Crippen LogP contribution in [0.4, 0.5) is 0 Å². The van der Waals surface area contributed by atoms with Crippen LogP contribution in [-0.2, 0) is 9.47 Å². The van der Waals surface area contributed by atoms with E-state index in [0.29, 0.717) is 13.2 Å². The van der Waals surface area contributed by atoms with Crippen LogP contribution >= 0.6 is 0 Å². The van der Waals surface area contributed by atoms with E-state index in [1.807, 2.05) is 19.9 Å². The van der Waals surface area contributed by atoms with Crippen molar-refractivity contribution in [3.8, 4) is 0 Å². The van der Waals surface area contributed by atoms with Gasteiger partial charge in [-0.1, -0.05) is 12.2 Å². The van der Waals surface area contributed by atoms with E-state index in [9.17, 15) is 0 Å². The second-order valence-electron chi connectivity index (χ2n) is 3.25. The van der Waals surface area contributed by atoms with Gasteiger partial charge < -0.3 is 14.6 Å². The molecule has 0 aromatic rings. The van der Waals surface area contributed by atoms with E-state index in [0.717, 1.165) is 25.7 Å². The maximum absolute atomic E-state index is 8.56. The molecule has 0 saturated heterocycles. The third-order valence-electron chi connectivity index (χ3n) is 1.98. The first-order valence-corrected chi connectivity index (χ1v) is 5.84. The highest BCUT2D eigenvalue weighted by Crippen LogP contribution is 2.07. The molecule has 0 amide bonds. The van der Waals surface area contributed by atoms with Crippen molar-refractivity contribution in [2.24, 2.45) is 0 Å². The normalized spacial score (nSPS) is 11.7. The molecule has 0 fully saturated rings. The molecule has 0 aromatic heterocycles. The van der Waals surface area contributed by atoms with Crippen LogP contribution < -0.4 is 0 Å². The molecule has 0 aliphatic rings. The third-order valence-corrected chi connectivity index (χ3v) is 1.98. The van der Waals surface area contributed by atoms with E-state index in [4.69, 9.17) is 14.6 Å². The van der Waals surface area contributed by atoms with Crippen molar-refractivity contribution in [2.45, 2.75) is 45.8 Å². The third kappa shape index (κ3) is 9.91. The summed E-state index contributed by atoms with van der Waals surface area (Å²) in [6, 6.07) is 0. The highest BCUT2D eigenvalue weighted by atomic mass is 16.7. The van der Waals surface area contributed by atoms with Crippen LogP contribution in [0.5, 0.6) is 0 Å². The Balaban J connectivity index is 3.43. The predicted molar refractivity (Wildman–Crippen MR) is 61.7 cm³/mol. The molecule has 1 N–H and O–H groups in total. The van der Waals surface area contributed by atoms with Crippen molar-refractivity contribution >= 4 is 0 Å². The van der Waals surface area contributed by atoms with Crippen LogP contribution in [0.15, 0.2) is 12.2 Å². The molecule has 0 unspecified atom stereocenters. The molecule has 0 bridgehead atoms. The van der Waals surface area contributed by atoms with Crippen LogP contribution in [0.3, 0.4) is 0 Å². The zero-order valence-electron chi connectivity index (χ0n) is 9.95. The molecule has 0 spiro atoms. The van der Waals surface area contributed by atoms with E-state index >= 15 is 0 Å². The lowest BCUT2D eigenvalue weighted by molar-refractivity contribution is -0.139. The molecule has 0 rings (SSSR count). The number of hydrogen-bond acceptors (Lipinski definition) is 3. The number of unbranched alkanes of at least 4 members (excludes halogenated alkanes) is 1. The van der Waals surface area contributed by atoms with Crippen molar-refractivity contribution in [3.05, 3.63) is 12.2 Å². The topological polar surface area (TPSA) is 38.7 Å². The molecule has 3 nitrogen and oxygen atoms in total. The van der Waals surface area contributed by atoms with E-state index < -0.39 is 0 Å². The highest BCUT2D eigenvalue weighted by molar-refractivity contribution is 4.81. The molecule has 0 atom stereocenters. The number of allylic oxidation sites excluding steroid dienone is 1. The molecule has 0 saturated carbocycles. The smallest absolute Gasteiger partial charge is 0.157 e. The Morgan fingerprint density at radius 1 is 1.07 bits per heavy atom. The van der Waals surface area contributed by atoms with Crippen molar-refractivity contribution in [1.82, 2.24) is 0 Å². The lowest BCUT2D eigenvalue weighted by Crippen LogP contribution is -2.16. The van der Waals surface area contributed by atoms with Gasteiger partial charge in [-0.2, -0.15) is 0 Å². The summed E-state index contributed by atoms with van der Waals surface area (Å²) in [4.78, 5) is 0. The number of aliphatic hydroxyl groups is 1. The Labute approximate surface area is 93.1 Å². The summed E-state index contributed by atoms with van der Waals surface area (Å²) in [5, 5.41) is 8.56. The first kappa shape index (κ1) is 14.6. The lowest BCUT2D eigenvalue weighted by atomic mass is 10.2. The maximum Gasteiger partial charge on any atom is 0.157 e. The first-order chi connectivity index (χ1) is 7.35. The fraction of sp³-hybridized carbons (Fsp3) is 0.833. The minimum atomic E-state index is -0.0498. The average Bonchev–Trinajstić information content (AvgIpc) is 2.24. The van der Waals surface area contributed by atoms with Gasteiger partial charge in [0.2, 0.25) is 0 Å². The van der Waals surface area contributed by atoms with Crippen molar-refractivity contribution in [2.75, 3.05) is 19.8 Å². The van der Waals surface area contributed by atoms with E-state index in [1.165, 1.54) is 0 Å². The molecular weight excluding hydrogens is 192 g/mol. The summed E-state index contributed by atoms with van der Waals surface area (Å²) in [6.07, 6.45) is 7.84. The number of hydrogen-bond donors (Lipinski definition) is 1. The quantitative estimate of drug-likeness (QED) is 0.346. The molecule has 15 heavy (non-hydrogen) atoms. The van der Waals surface area contributed by atoms with Gasteiger partial charge in [0, 0.05) is 19.8 Å². The second-order valence-corrected chi connectivity index (χ2v) is 3.25. The maximum atomic E-state index is 8.56. The summed E-state index contributed by atoms with van der Waals surface area (Å²) in [5.41, 5.74) is 0. The van der Waals surface area contributed by atoms with Crippen LogP contribution in [0, 0.1) is 0 Å². The average molecular weight is 216 g/mol. The minimum Gasteiger partial charge on any atom is -0.396 e. The van der Waals surface area contributed by atoms with Gasteiger partial charge >= 0.3 is 0 Å². The highest BCUT2D eigenvalue weighted by Gasteiger charge is 2.05. The van der Waals surface area contributed by atoms with E-state index in [2.05, 4.69) is 6.08 Å². The standard InChI is InChI=1S/C12H24O3/c1-3-14-12(15-4-2)10-8-6-5-7-9-11-13/h5,7,12-13H,3-4,6,8-11H2,1-2H3/b7-5+. The lowest BCUT2D eigenvalue weighted by Gasteiger charge is -2.15. The predicted octanol–water partition coefficient (Wildman–Crippen LogP) is 2.49. The van der Waals surface area contributed by atoms with Gasteiger partial charge in [0.25, 0.3) is 0 Å². The summed E-state index contributed by atoms with van der Waals surface area (Å²) < 4.78 is 10.8. The van der Waals surface area contributed by atoms with Gasteiger partial charge in [-0.05, 0) is 39.5 Å². The summed E-state index contributed by atoms with van der Waals surface area (Å²) in [5.74, 6) is 0. The van der Waals surface area contributed by atoms with E-state index in [1.54, 1.807) is 0 Å². The molecule has 0 heterocycles. The van der Waals surface area contributed by atoms with Crippen LogP contribution in [0.2, 0.25) is 0 Å². The largest absolute Gasteiger partial charge is 0.396 e. The molecule has 0 aliphatic heterocycles. The Hall–Kier alpha value is -0.380. The summed E-state index contributed by atoms with van der Waals surface area (Å²) >= 11 is 0. The van der Waals surface area contributed by atoms with E-state index in [-0.39, 0.29) is 12.9 Å². The zero-order valence-corrected chi connectivity index (χ0v) is 9.95. The first-order valence-electron chi connectivity index (χ1n) is 5.84. The van der Waals surface area contributed by atoms with Crippen LogP contribution in [0.25, 0.3) is 0 Å². The molecule has 0 radical (unpaired) electrons. The number of ether oxygens (including phenoxy) is 2.